The predicted molar refractivity (Wildman–Crippen MR) is 106 cm³/mol. The number of fused-ring (bicyclic) bond motifs is 1. The van der Waals surface area contributed by atoms with E-state index < -0.39 is 16.9 Å². The zero-order valence-electron chi connectivity index (χ0n) is 15.6. The number of benzene rings is 2. The summed E-state index contributed by atoms with van der Waals surface area (Å²) in [5, 5.41) is 39.7. The van der Waals surface area contributed by atoms with Crippen molar-refractivity contribution in [2.45, 2.75) is 12.8 Å². The molecule has 1 aromatic heterocycles. The number of rotatable bonds is 5. The summed E-state index contributed by atoms with van der Waals surface area (Å²) in [5.41, 5.74) is -0.605. The molecule has 0 unspecified atom stereocenters. The van der Waals surface area contributed by atoms with Crippen LogP contribution in [0.25, 0.3) is 22.3 Å². The molecular weight excluding hydrogens is 378 g/mol. The standard InChI is InChI=1S/C21H21NO7/c23-13-10-15(25)18-17(11-13)29-21(20(27)19(18)26)12-3-4-14(24)16(9-12)28-8-7-22-5-1-2-6-22/h3-4,9-11,23-25,27H,1-2,5-8H2. The van der Waals surface area contributed by atoms with Crippen LogP contribution in [0.1, 0.15) is 12.8 Å². The molecule has 1 saturated heterocycles. The monoisotopic (exact) mass is 399 g/mol. The van der Waals surface area contributed by atoms with Gasteiger partial charge in [0.25, 0.3) is 0 Å². The van der Waals surface area contributed by atoms with Crippen molar-refractivity contribution in [2.24, 2.45) is 0 Å². The van der Waals surface area contributed by atoms with Crippen molar-refractivity contribution in [1.29, 1.82) is 0 Å². The van der Waals surface area contributed by atoms with E-state index in [0.29, 0.717) is 12.2 Å². The lowest BCUT2D eigenvalue weighted by Crippen LogP contribution is -2.25. The van der Waals surface area contributed by atoms with Crippen LogP contribution < -0.4 is 10.2 Å². The number of phenolic OH excluding ortho intramolecular Hbond substituents is 3. The second-order valence-electron chi connectivity index (χ2n) is 7.03. The lowest BCUT2D eigenvalue weighted by Gasteiger charge is -2.16. The molecule has 4 rings (SSSR count). The Hall–Kier alpha value is -3.39. The third kappa shape index (κ3) is 3.66. The largest absolute Gasteiger partial charge is 0.508 e. The molecule has 1 aliphatic heterocycles. The summed E-state index contributed by atoms with van der Waals surface area (Å²) in [5.74, 6) is -1.50. The molecular formula is C21H21NO7. The summed E-state index contributed by atoms with van der Waals surface area (Å²) in [6, 6.07) is 6.48. The molecule has 8 nitrogen and oxygen atoms in total. The molecule has 4 N–H and O–H groups in total. The van der Waals surface area contributed by atoms with E-state index in [0.717, 1.165) is 25.7 Å². The highest BCUT2D eigenvalue weighted by atomic mass is 16.5. The molecule has 2 aromatic carbocycles. The molecule has 0 spiro atoms. The fourth-order valence-corrected chi connectivity index (χ4v) is 3.53. The molecule has 0 bridgehead atoms. The molecule has 0 saturated carbocycles. The minimum atomic E-state index is -0.830. The Morgan fingerprint density at radius 1 is 1.00 bits per heavy atom. The Bertz CT molecular complexity index is 1120. The van der Waals surface area contributed by atoms with Gasteiger partial charge in [0.2, 0.25) is 11.2 Å². The maximum atomic E-state index is 12.5. The predicted octanol–water partition coefficient (Wildman–Crippen LogP) is 2.76. The van der Waals surface area contributed by atoms with Crippen LogP contribution in [0.2, 0.25) is 0 Å². The van der Waals surface area contributed by atoms with Gasteiger partial charge in [-0.05, 0) is 44.1 Å². The first kappa shape index (κ1) is 18.9. The summed E-state index contributed by atoms with van der Waals surface area (Å²) in [4.78, 5) is 14.8. The first-order chi connectivity index (χ1) is 13.9. The Kier molecular flexibility index (Phi) is 4.94. The summed E-state index contributed by atoms with van der Waals surface area (Å²) in [6.45, 7) is 3.18. The third-order valence-electron chi connectivity index (χ3n) is 5.02. The van der Waals surface area contributed by atoms with E-state index in [1.807, 2.05) is 0 Å². The van der Waals surface area contributed by atoms with Crippen molar-refractivity contribution in [3.63, 3.8) is 0 Å². The lowest BCUT2D eigenvalue weighted by molar-refractivity contribution is 0.231. The number of hydrogen-bond donors (Lipinski definition) is 4. The first-order valence-corrected chi connectivity index (χ1v) is 9.34. The second-order valence-corrected chi connectivity index (χ2v) is 7.03. The van der Waals surface area contributed by atoms with E-state index in [2.05, 4.69) is 4.90 Å². The molecule has 1 fully saturated rings. The zero-order chi connectivity index (χ0) is 20.5. The first-order valence-electron chi connectivity index (χ1n) is 9.34. The topological polar surface area (TPSA) is 124 Å². The fourth-order valence-electron chi connectivity index (χ4n) is 3.53. The van der Waals surface area contributed by atoms with Crippen molar-refractivity contribution in [3.8, 4) is 40.1 Å². The molecule has 29 heavy (non-hydrogen) atoms. The maximum absolute atomic E-state index is 12.5. The van der Waals surface area contributed by atoms with E-state index in [9.17, 15) is 25.2 Å². The second kappa shape index (κ2) is 7.56. The van der Waals surface area contributed by atoms with E-state index in [1.54, 1.807) is 0 Å². The van der Waals surface area contributed by atoms with E-state index in [1.165, 1.54) is 37.1 Å². The molecule has 152 valence electrons. The molecule has 0 atom stereocenters. The van der Waals surface area contributed by atoms with Crippen LogP contribution in [0.5, 0.6) is 28.7 Å². The molecule has 0 radical (unpaired) electrons. The highest BCUT2D eigenvalue weighted by Gasteiger charge is 2.20. The van der Waals surface area contributed by atoms with Crippen molar-refractivity contribution < 1.29 is 29.6 Å². The van der Waals surface area contributed by atoms with Gasteiger partial charge in [0.05, 0.1) is 0 Å². The van der Waals surface area contributed by atoms with Gasteiger partial charge in [0.15, 0.2) is 17.3 Å². The number of ether oxygens (including phenoxy) is 1. The number of hydrogen-bond acceptors (Lipinski definition) is 8. The maximum Gasteiger partial charge on any atom is 0.238 e. The highest BCUT2D eigenvalue weighted by molar-refractivity contribution is 5.88. The highest BCUT2D eigenvalue weighted by Crippen LogP contribution is 2.38. The molecule has 8 heteroatoms. The van der Waals surface area contributed by atoms with Crippen LogP contribution in [-0.2, 0) is 0 Å². The van der Waals surface area contributed by atoms with Crippen LogP contribution in [0.3, 0.4) is 0 Å². The smallest absolute Gasteiger partial charge is 0.238 e. The minimum Gasteiger partial charge on any atom is -0.508 e. The SMILES string of the molecule is O=c1c(O)c(-c2ccc(O)c(OCCN3CCCC3)c2)oc2cc(O)cc(O)c12. The van der Waals surface area contributed by atoms with Crippen LogP contribution in [0.4, 0.5) is 0 Å². The third-order valence-corrected chi connectivity index (χ3v) is 5.02. The van der Waals surface area contributed by atoms with Crippen molar-refractivity contribution in [3.05, 3.63) is 40.6 Å². The molecule has 2 heterocycles. The van der Waals surface area contributed by atoms with E-state index >= 15 is 0 Å². The van der Waals surface area contributed by atoms with Crippen molar-refractivity contribution in [2.75, 3.05) is 26.2 Å². The molecule has 3 aromatic rings. The van der Waals surface area contributed by atoms with Gasteiger partial charge in [-0.25, -0.2) is 0 Å². The van der Waals surface area contributed by atoms with Gasteiger partial charge in [-0.3, -0.25) is 9.69 Å². The van der Waals surface area contributed by atoms with Gasteiger partial charge < -0.3 is 29.6 Å². The van der Waals surface area contributed by atoms with Crippen molar-refractivity contribution in [1.82, 2.24) is 4.90 Å². The van der Waals surface area contributed by atoms with E-state index in [-0.39, 0.29) is 34.0 Å². The molecule has 0 amide bonds. The summed E-state index contributed by atoms with van der Waals surface area (Å²) in [6.07, 6.45) is 2.35. The van der Waals surface area contributed by atoms with Gasteiger partial charge in [-0.2, -0.15) is 0 Å². The van der Waals surface area contributed by atoms with Gasteiger partial charge in [-0.15, -0.1) is 0 Å². The summed E-state index contributed by atoms with van der Waals surface area (Å²) < 4.78 is 11.3. The average Bonchev–Trinajstić information content (AvgIpc) is 3.19. The number of nitrogens with zero attached hydrogens (tertiary/aromatic N) is 1. The Morgan fingerprint density at radius 2 is 1.76 bits per heavy atom. The Balaban J connectivity index is 1.68. The minimum absolute atomic E-state index is 0.0758. The zero-order valence-corrected chi connectivity index (χ0v) is 15.6. The Morgan fingerprint density at radius 3 is 2.52 bits per heavy atom. The van der Waals surface area contributed by atoms with Crippen molar-refractivity contribution >= 4 is 11.0 Å². The normalized spacial score (nSPS) is 14.5. The van der Waals surface area contributed by atoms with Gasteiger partial charge in [-0.1, -0.05) is 0 Å². The summed E-state index contributed by atoms with van der Waals surface area (Å²) >= 11 is 0. The van der Waals surface area contributed by atoms with Crippen LogP contribution >= 0.6 is 0 Å². The average molecular weight is 399 g/mol. The fraction of sp³-hybridized carbons (Fsp3) is 0.286. The van der Waals surface area contributed by atoms with Gasteiger partial charge in [0.1, 0.15) is 29.1 Å². The number of phenols is 3. The number of likely N-dealkylation sites (tertiary alicyclic amines) is 1. The van der Waals surface area contributed by atoms with Crippen LogP contribution in [-0.4, -0.2) is 51.6 Å². The molecule has 1 aliphatic rings. The summed E-state index contributed by atoms with van der Waals surface area (Å²) in [7, 11) is 0. The van der Waals surface area contributed by atoms with E-state index in [4.69, 9.17) is 9.15 Å². The Labute approximate surface area is 165 Å². The van der Waals surface area contributed by atoms with Gasteiger partial charge >= 0.3 is 0 Å². The van der Waals surface area contributed by atoms with Crippen LogP contribution in [0.15, 0.2) is 39.5 Å². The van der Waals surface area contributed by atoms with Gasteiger partial charge in [0, 0.05) is 24.2 Å². The lowest BCUT2D eigenvalue weighted by atomic mass is 10.1. The number of aromatic hydroxyl groups is 4. The quantitative estimate of drug-likeness (QED) is 0.516. The molecule has 0 aliphatic carbocycles. The van der Waals surface area contributed by atoms with Crippen LogP contribution in [0, 0.1) is 0 Å².